The number of benzene rings is 3. The molecule has 3 aromatic carbocycles. The van der Waals surface area contributed by atoms with Crippen LogP contribution in [0, 0.1) is 5.41 Å². The van der Waals surface area contributed by atoms with Crippen molar-refractivity contribution in [2.24, 2.45) is 0 Å². The fourth-order valence-corrected chi connectivity index (χ4v) is 4.16. The van der Waals surface area contributed by atoms with Crippen LogP contribution in [-0.2, 0) is 22.7 Å². The van der Waals surface area contributed by atoms with Crippen LogP contribution in [0.1, 0.15) is 35.3 Å². The average Bonchev–Trinajstić information content (AvgIpc) is 3.05. The van der Waals surface area contributed by atoms with E-state index in [1.165, 1.54) is 29.0 Å². The summed E-state index contributed by atoms with van der Waals surface area (Å²) in [7, 11) is 0. The summed E-state index contributed by atoms with van der Waals surface area (Å²) in [6, 6.07) is 19.1. The van der Waals surface area contributed by atoms with Gasteiger partial charge in [0.15, 0.2) is 5.82 Å². The Balaban J connectivity index is 0.000000908. The fraction of sp³-hybridized carbons (Fsp3) is 0.182. The van der Waals surface area contributed by atoms with Crippen LogP contribution in [0.25, 0.3) is 11.3 Å². The largest absolute Gasteiger partial charge is 0.490 e. The molecule has 4 rings (SSSR count). The van der Waals surface area contributed by atoms with E-state index in [0.717, 1.165) is 0 Å². The number of para-hydroxylation sites is 1. The van der Waals surface area contributed by atoms with E-state index in [0.29, 0.717) is 22.4 Å². The fourth-order valence-electron chi connectivity index (χ4n) is 4.16. The van der Waals surface area contributed by atoms with Crippen molar-refractivity contribution in [1.82, 2.24) is 20.2 Å². The molecule has 0 atom stereocenters. The number of amidine groups is 1. The number of ether oxygens (including phenoxy) is 1. The zero-order chi connectivity index (χ0) is 37.9. The van der Waals surface area contributed by atoms with E-state index in [4.69, 9.17) is 25.8 Å². The van der Waals surface area contributed by atoms with Crippen LogP contribution in [0.2, 0.25) is 0 Å². The van der Waals surface area contributed by atoms with E-state index >= 15 is 0 Å². The molecule has 2 amide bonds. The highest BCUT2D eigenvalue weighted by molar-refractivity contribution is 6.04. The molecule has 0 aliphatic carbocycles. The molecule has 0 bridgehead atoms. The number of carboxylic acids is 2. The number of aliphatic carboxylic acids is 1. The smallest absolute Gasteiger partial charge is 0.478 e. The van der Waals surface area contributed by atoms with Gasteiger partial charge in [0.05, 0.1) is 17.5 Å². The van der Waals surface area contributed by atoms with Gasteiger partial charge in [-0.3, -0.25) is 24.9 Å². The van der Waals surface area contributed by atoms with Gasteiger partial charge in [-0.2, -0.15) is 13.2 Å². The number of alkyl halides is 3. The lowest BCUT2D eigenvalue weighted by molar-refractivity contribution is -0.192. The number of rotatable bonds is 10. The predicted octanol–water partition coefficient (Wildman–Crippen LogP) is 4.07. The van der Waals surface area contributed by atoms with Crippen LogP contribution in [0.15, 0.2) is 83.8 Å². The summed E-state index contributed by atoms with van der Waals surface area (Å²) in [6.07, 6.45) is -4.50. The summed E-state index contributed by atoms with van der Waals surface area (Å²) in [6.45, 7) is 3.41. The lowest BCUT2D eigenvalue weighted by atomic mass is 10.1. The standard InChI is InChI=1S/C31H31N7O6.C2HF3O2/c1-18(2)36-28-29(40)38(25(16-35-28)21-12-22(30(41)42)14-23(32)13-21)17-26(39)34-15-19-8-10-20(11-9-19)27(33)37-31(43)44-24-6-4-3-5-7-24;3-2(4,5)1(6)7/h3-14,16,18H,15,17,32H2,1-2H3,(H,34,39)(H,35,36)(H,41,42)(H2,33,37,43);(H,6,7). The number of nitrogens with zero attached hydrogens (tertiary/aromatic N) is 2. The summed E-state index contributed by atoms with van der Waals surface area (Å²) in [5.74, 6) is -4.22. The number of nitrogen functional groups attached to an aromatic ring is 1. The molecule has 0 saturated heterocycles. The summed E-state index contributed by atoms with van der Waals surface area (Å²) < 4.78 is 38.1. The predicted molar refractivity (Wildman–Crippen MR) is 178 cm³/mol. The second-order valence-corrected chi connectivity index (χ2v) is 10.8. The van der Waals surface area contributed by atoms with Gasteiger partial charge in [0.2, 0.25) is 5.91 Å². The SMILES string of the molecule is CC(C)Nc1ncc(-c2cc(N)cc(C(=O)O)c2)n(CC(=O)NCc2ccc(C(=N)NC(=O)Oc3ccccc3)cc2)c1=O.O=C(O)C(F)(F)F. The molecule has 0 spiro atoms. The normalized spacial score (nSPS) is 10.7. The van der Waals surface area contributed by atoms with Crippen molar-refractivity contribution in [2.45, 2.75) is 39.2 Å². The van der Waals surface area contributed by atoms with Crippen LogP contribution in [-0.4, -0.2) is 61.8 Å². The first-order valence-electron chi connectivity index (χ1n) is 14.7. The maximum atomic E-state index is 13.3. The molecule has 268 valence electrons. The summed E-state index contributed by atoms with van der Waals surface area (Å²) in [4.78, 5) is 63.1. The zero-order valence-corrected chi connectivity index (χ0v) is 26.9. The first kappa shape index (κ1) is 38.7. The second-order valence-electron chi connectivity index (χ2n) is 10.8. The van der Waals surface area contributed by atoms with Crippen LogP contribution in [0.3, 0.4) is 0 Å². The first-order valence-corrected chi connectivity index (χ1v) is 14.7. The Labute approximate surface area is 287 Å². The summed E-state index contributed by atoms with van der Waals surface area (Å²) in [5.41, 5.74) is 7.10. The molecule has 15 nitrogen and oxygen atoms in total. The third kappa shape index (κ3) is 11.7. The number of nitrogens with two attached hydrogens (primary N) is 1. The number of aromatic carboxylic acids is 1. The first-order chi connectivity index (χ1) is 23.9. The Bertz CT molecular complexity index is 1970. The van der Waals surface area contributed by atoms with Gasteiger partial charge in [-0.05, 0) is 49.7 Å². The molecular formula is C33H32F3N7O8. The highest BCUT2D eigenvalue weighted by Crippen LogP contribution is 2.23. The number of halogens is 3. The third-order valence-corrected chi connectivity index (χ3v) is 6.44. The van der Waals surface area contributed by atoms with E-state index in [1.54, 1.807) is 54.6 Å². The number of anilines is 2. The van der Waals surface area contributed by atoms with Crippen LogP contribution < -0.4 is 32.0 Å². The number of aromatic nitrogens is 2. The van der Waals surface area contributed by atoms with Gasteiger partial charge in [0.1, 0.15) is 18.1 Å². The number of amides is 2. The molecule has 1 heterocycles. The quantitative estimate of drug-likeness (QED) is 0.0703. The van der Waals surface area contributed by atoms with Gasteiger partial charge in [-0.1, -0.05) is 42.5 Å². The van der Waals surface area contributed by atoms with E-state index in [2.05, 4.69) is 20.9 Å². The van der Waals surface area contributed by atoms with Crippen molar-refractivity contribution in [3.63, 3.8) is 0 Å². The number of nitrogens with one attached hydrogen (secondary N) is 4. The molecule has 0 radical (unpaired) electrons. The summed E-state index contributed by atoms with van der Waals surface area (Å²) >= 11 is 0. The lowest BCUT2D eigenvalue weighted by Gasteiger charge is -2.17. The van der Waals surface area contributed by atoms with Crippen molar-refractivity contribution in [3.05, 3.63) is 106 Å². The monoisotopic (exact) mass is 711 g/mol. The molecule has 0 saturated carbocycles. The molecule has 4 aromatic rings. The van der Waals surface area contributed by atoms with Gasteiger partial charge in [-0.25, -0.2) is 19.4 Å². The highest BCUT2D eigenvalue weighted by Gasteiger charge is 2.38. The van der Waals surface area contributed by atoms with Crippen molar-refractivity contribution < 1.29 is 47.3 Å². The van der Waals surface area contributed by atoms with Gasteiger partial charge in [0, 0.05) is 29.4 Å². The van der Waals surface area contributed by atoms with E-state index in [9.17, 15) is 37.5 Å². The topological polar surface area (TPSA) is 239 Å². The van der Waals surface area contributed by atoms with E-state index in [1.807, 2.05) is 13.8 Å². The Hall–Kier alpha value is -6.72. The van der Waals surface area contributed by atoms with Gasteiger partial charge >= 0.3 is 24.2 Å². The maximum absolute atomic E-state index is 13.3. The third-order valence-electron chi connectivity index (χ3n) is 6.44. The number of carboxylic acid groups (broad SMARTS) is 2. The molecule has 1 aromatic heterocycles. The summed E-state index contributed by atoms with van der Waals surface area (Å²) in [5, 5.41) is 32.8. The van der Waals surface area contributed by atoms with E-state index in [-0.39, 0.29) is 47.7 Å². The zero-order valence-electron chi connectivity index (χ0n) is 26.9. The molecule has 0 aliphatic heterocycles. The molecule has 8 N–H and O–H groups in total. The number of hydrogen-bond donors (Lipinski definition) is 7. The van der Waals surface area contributed by atoms with Crippen molar-refractivity contribution in [2.75, 3.05) is 11.1 Å². The molecule has 0 aliphatic rings. The number of hydrogen-bond acceptors (Lipinski definition) is 10. The van der Waals surface area contributed by atoms with Crippen LogP contribution in [0.5, 0.6) is 5.75 Å². The minimum atomic E-state index is -5.08. The Morgan fingerprint density at radius 2 is 1.61 bits per heavy atom. The number of carbonyl (C=O) groups excluding carboxylic acids is 2. The Morgan fingerprint density at radius 3 is 2.18 bits per heavy atom. The second kappa shape index (κ2) is 17.1. The van der Waals surface area contributed by atoms with Crippen LogP contribution >= 0.6 is 0 Å². The molecule has 18 heteroatoms. The average molecular weight is 712 g/mol. The van der Waals surface area contributed by atoms with E-state index < -0.39 is 35.7 Å². The minimum Gasteiger partial charge on any atom is -0.478 e. The van der Waals surface area contributed by atoms with Gasteiger partial charge in [-0.15, -0.1) is 0 Å². The molecular weight excluding hydrogens is 679 g/mol. The maximum Gasteiger partial charge on any atom is 0.490 e. The molecule has 0 fully saturated rings. The Morgan fingerprint density at radius 1 is 0.980 bits per heavy atom. The molecule has 0 unspecified atom stereocenters. The molecule has 51 heavy (non-hydrogen) atoms. The van der Waals surface area contributed by atoms with Gasteiger partial charge in [0.25, 0.3) is 5.56 Å². The number of carbonyl (C=O) groups is 4. The lowest BCUT2D eigenvalue weighted by Crippen LogP contribution is -2.35. The highest BCUT2D eigenvalue weighted by atomic mass is 19.4. The minimum absolute atomic E-state index is 0.0400. The van der Waals surface area contributed by atoms with Crippen LogP contribution in [0.4, 0.5) is 29.5 Å². The van der Waals surface area contributed by atoms with Crippen molar-refractivity contribution >= 4 is 41.3 Å². The van der Waals surface area contributed by atoms with Crippen molar-refractivity contribution in [3.8, 4) is 17.0 Å². The van der Waals surface area contributed by atoms with Crippen molar-refractivity contribution in [1.29, 1.82) is 5.41 Å². The Kier molecular flexibility index (Phi) is 13.0. The van der Waals surface area contributed by atoms with Gasteiger partial charge < -0.3 is 31.3 Å².